The van der Waals surface area contributed by atoms with Gasteiger partial charge < -0.3 is 9.67 Å². The van der Waals surface area contributed by atoms with Gasteiger partial charge in [0.15, 0.2) is 0 Å². The van der Waals surface area contributed by atoms with Gasteiger partial charge in [0.25, 0.3) is 11.1 Å². The van der Waals surface area contributed by atoms with Gasteiger partial charge in [-0.1, -0.05) is 13.0 Å². The molecular weight excluding hydrogens is 352 g/mol. The third-order valence-electron chi connectivity index (χ3n) is 4.29. The van der Waals surface area contributed by atoms with Crippen LogP contribution >= 0.6 is 11.8 Å². The van der Waals surface area contributed by atoms with Crippen molar-refractivity contribution >= 4 is 35.0 Å². The summed E-state index contributed by atoms with van der Waals surface area (Å²) in [6.07, 6.45) is 4.15. The molecule has 1 N–H and O–H groups in total. The number of imide groups is 1. The molecule has 0 radical (unpaired) electrons. The van der Waals surface area contributed by atoms with Gasteiger partial charge in [-0.3, -0.25) is 14.5 Å². The van der Waals surface area contributed by atoms with Crippen LogP contribution in [0.5, 0.6) is 0 Å². The first-order valence-electron chi connectivity index (χ1n) is 8.20. The summed E-state index contributed by atoms with van der Waals surface area (Å²) in [6, 6.07) is 10.0. The molecule has 1 aromatic carbocycles. The number of carboxylic acids is 1. The van der Waals surface area contributed by atoms with Crippen molar-refractivity contribution in [2.75, 3.05) is 0 Å². The van der Waals surface area contributed by atoms with Crippen LogP contribution in [-0.2, 0) is 4.79 Å². The Labute approximate surface area is 155 Å². The van der Waals surface area contributed by atoms with E-state index in [9.17, 15) is 14.4 Å². The number of hydrogen-bond acceptors (Lipinski definition) is 4. The van der Waals surface area contributed by atoms with E-state index >= 15 is 0 Å². The Morgan fingerprint density at radius 1 is 1.27 bits per heavy atom. The van der Waals surface area contributed by atoms with Gasteiger partial charge in [-0.15, -0.1) is 0 Å². The van der Waals surface area contributed by atoms with Crippen molar-refractivity contribution in [2.45, 2.75) is 26.3 Å². The lowest BCUT2D eigenvalue weighted by Crippen LogP contribution is -2.36. The fourth-order valence-corrected chi connectivity index (χ4v) is 3.63. The first kappa shape index (κ1) is 18.0. The summed E-state index contributed by atoms with van der Waals surface area (Å²) >= 11 is 0.927. The Morgan fingerprint density at radius 2 is 2.04 bits per heavy atom. The van der Waals surface area contributed by atoms with Gasteiger partial charge >= 0.3 is 5.97 Å². The lowest BCUT2D eigenvalue weighted by molar-refractivity contribution is -0.124. The van der Waals surface area contributed by atoms with Crippen molar-refractivity contribution in [2.24, 2.45) is 0 Å². The molecule has 3 rings (SSSR count). The highest BCUT2D eigenvalue weighted by atomic mass is 32.2. The van der Waals surface area contributed by atoms with Gasteiger partial charge in [-0.05, 0) is 61.5 Å². The number of carbonyl (C=O) groups excluding carboxylic acids is 2. The maximum Gasteiger partial charge on any atom is 0.335 e. The number of thioether (sulfide) groups is 1. The van der Waals surface area contributed by atoms with E-state index in [1.54, 1.807) is 41.1 Å². The van der Waals surface area contributed by atoms with Gasteiger partial charge in [-0.2, -0.15) is 0 Å². The van der Waals surface area contributed by atoms with Crippen LogP contribution in [0.2, 0.25) is 0 Å². The van der Waals surface area contributed by atoms with Crippen molar-refractivity contribution < 1.29 is 19.5 Å². The molecule has 1 aliphatic rings. The predicted octanol–water partition coefficient (Wildman–Crippen LogP) is 4.01. The van der Waals surface area contributed by atoms with Crippen molar-refractivity contribution in [1.82, 2.24) is 9.47 Å². The van der Waals surface area contributed by atoms with Crippen LogP contribution < -0.4 is 0 Å². The molecule has 1 atom stereocenters. The molecule has 1 aliphatic heterocycles. The van der Waals surface area contributed by atoms with Crippen molar-refractivity contribution in [1.29, 1.82) is 0 Å². The van der Waals surface area contributed by atoms with Crippen LogP contribution in [0.3, 0.4) is 0 Å². The summed E-state index contributed by atoms with van der Waals surface area (Å²) < 4.78 is 1.78. The van der Waals surface area contributed by atoms with E-state index in [1.807, 2.05) is 19.9 Å². The zero-order valence-corrected chi connectivity index (χ0v) is 15.2. The fourth-order valence-electron chi connectivity index (χ4n) is 2.71. The average Bonchev–Trinajstić information content (AvgIpc) is 3.19. The molecule has 1 fully saturated rings. The number of carboxylic acid groups (broad SMARTS) is 1. The molecule has 0 bridgehead atoms. The Morgan fingerprint density at radius 3 is 2.73 bits per heavy atom. The molecular formula is C19H18N2O4S. The predicted molar refractivity (Wildman–Crippen MR) is 100 cm³/mol. The summed E-state index contributed by atoms with van der Waals surface area (Å²) in [7, 11) is 0. The maximum absolute atomic E-state index is 12.6. The summed E-state index contributed by atoms with van der Waals surface area (Å²) in [6.45, 7) is 3.78. The number of carbonyl (C=O) groups is 3. The second-order valence-electron chi connectivity index (χ2n) is 5.97. The van der Waals surface area contributed by atoms with E-state index in [1.165, 1.54) is 11.0 Å². The summed E-state index contributed by atoms with van der Waals surface area (Å²) in [5.74, 6) is -1.29. The number of nitrogens with zero attached hydrogens (tertiary/aromatic N) is 2. The van der Waals surface area contributed by atoms with Crippen molar-refractivity contribution in [3.63, 3.8) is 0 Å². The van der Waals surface area contributed by atoms with Crippen LogP contribution in [0.1, 0.15) is 36.3 Å². The van der Waals surface area contributed by atoms with E-state index in [0.29, 0.717) is 22.7 Å². The fraction of sp³-hybridized carbons (Fsp3) is 0.211. The van der Waals surface area contributed by atoms with Gasteiger partial charge in [-0.25, -0.2) is 4.79 Å². The van der Waals surface area contributed by atoms with E-state index in [-0.39, 0.29) is 22.8 Å². The van der Waals surface area contributed by atoms with Gasteiger partial charge in [0.05, 0.1) is 10.5 Å². The normalized spacial score (nSPS) is 17.2. The highest BCUT2D eigenvalue weighted by Gasteiger charge is 2.37. The summed E-state index contributed by atoms with van der Waals surface area (Å²) in [5.41, 5.74) is 1.55. The molecule has 2 heterocycles. The molecule has 0 aliphatic carbocycles. The molecule has 1 aromatic heterocycles. The highest BCUT2D eigenvalue weighted by molar-refractivity contribution is 8.18. The molecule has 134 valence electrons. The first-order chi connectivity index (χ1) is 12.4. The molecule has 6 nitrogen and oxygen atoms in total. The quantitative estimate of drug-likeness (QED) is 0.805. The minimum Gasteiger partial charge on any atom is -0.478 e. The van der Waals surface area contributed by atoms with Gasteiger partial charge in [0.1, 0.15) is 0 Å². The number of amides is 2. The zero-order valence-electron chi connectivity index (χ0n) is 14.4. The highest BCUT2D eigenvalue weighted by Crippen LogP contribution is 2.34. The molecule has 2 aromatic rings. The Bertz CT molecular complexity index is 916. The SMILES string of the molecule is CC[C@@H](C)N1C(=O)S/C(=C/c2cccn2-c2cccc(C(=O)O)c2)C1=O. The topological polar surface area (TPSA) is 79.6 Å². The maximum atomic E-state index is 12.6. The number of hydrogen-bond donors (Lipinski definition) is 1. The van der Waals surface area contributed by atoms with E-state index < -0.39 is 5.97 Å². The average molecular weight is 370 g/mol. The molecule has 2 amide bonds. The minimum absolute atomic E-state index is 0.146. The lowest BCUT2D eigenvalue weighted by atomic mass is 10.2. The van der Waals surface area contributed by atoms with Crippen LogP contribution in [0.4, 0.5) is 4.79 Å². The molecule has 0 unspecified atom stereocenters. The van der Waals surface area contributed by atoms with Gasteiger partial charge in [0.2, 0.25) is 0 Å². The monoisotopic (exact) mass is 370 g/mol. The molecule has 26 heavy (non-hydrogen) atoms. The van der Waals surface area contributed by atoms with E-state index in [0.717, 1.165) is 11.8 Å². The van der Waals surface area contributed by atoms with Crippen LogP contribution in [-0.4, -0.2) is 37.7 Å². The lowest BCUT2D eigenvalue weighted by Gasteiger charge is -2.19. The largest absolute Gasteiger partial charge is 0.478 e. The van der Waals surface area contributed by atoms with Crippen molar-refractivity contribution in [3.8, 4) is 5.69 Å². The van der Waals surface area contributed by atoms with E-state index in [4.69, 9.17) is 5.11 Å². The van der Waals surface area contributed by atoms with Gasteiger partial charge in [0, 0.05) is 23.6 Å². The summed E-state index contributed by atoms with van der Waals surface area (Å²) in [5, 5.41) is 8.90. The second kappa shape index (κ2) is 7.21. The molecule has 0 saturated carbocycles. The number of aromatic carboxylic acids is 1. The Hall–Kier alpha value is -2.80. The third-order valence-corrected chi connectivity index (χ3v) is 5.17. The Balaban J connectivity index is 1.96. The first-order valence-corrected chi connectivity index (χ1v) is 9.02. The molecule has 0 spiro atoms. The molecule has 7 heteroatoms. The van der Waals surface area contributed by atoms with E-state index in [2.05, 4.69) is 0 Å². The number of rotatable bonds is 5. The minimum atomic E-state index is -1.00. The molecule has 1 saturated heterocycles. The number of benzene rings is 1. The second-order valence-corrected chi connectivity index (χ2v) is 6.96. The third kappa shape index (κ3) is 3.30. The zero-order chi connectivity index (χ0) is 18.8. The smallest absolute Gasteiger partial charge is 0.335 e. The van der Waals surface area contributed by atoms with Crippen molar-refractivity contribution in [3.05, 3.63) is 58.8 Å². The van der Waals surface area contributed by atoms with Crippen LogP contribution in [0.25, 0.3) is 11.8 Å². The number of aromatic nitrogens is 1. The summed E-state index contributed by atoms with van der Waals surface area (Å²) in [4.78, 5) is 37.5. The van der Waals surface area contributed by atoms with Crippen LogP contribution in [0.15, 0.2) is 47.5 Å². The Kier molecular flexibility index (Phi) is 4.99. The van der Waals surface area contributed by atoms with Crippen LogP contribution in [0, 0.1) is 0 Å². The standard InChI is InChI=1S/C19H18N2O4S/c1-3-12(2)21-17(22)16(26-19(21)25)11-15-8-5-9-20(15)14-7-4-6-13(10-14)18(23)24/h4-12H,3H2,1-2H3,(H,23,24)/b16-11+/t12-/m1/s1.